The van der Waals surface area contributed by atoms with Gasteiger partial charge in [-0.3, -0.25) is 15.5 Å². The van der Waals surface area contributed by atoms with Crippen LogP contribution in [0.1, 0.15) is 15.9 Å². The lowest BCUT2D eigenvalue weighted by molar-refractivity contribution is -0.140. The van der Waals surface area contributed by atoms with Gasteiger partial charge in [-0.2, -0.15) is 0 Å². The number of carboxylic acids is 2. The smallest absolute Gasteiger partial charge is 0.341 e. The summed E-state index contributed by atoms with van der Waals surface area (Å²) in [6.45, 7) is -1.42. The Balaban J connectivity index is 2.07. The zero-order valence-corrected chi connectivity index (χ0v) is 15.9. The number of nitrogen functional groups attached to an aromatic ring is 1. The van der Waals surface area contributed by atoms with Crippen molar-refractivity contribution in [2.45, 2.75) is 0 Å². The fourth-order valence-electron chi connectivity index (χ4n) is 2.24. The molecule has 0 aliphatic rings. The Hall–Kier alpha value is -4.61. The van der Waals surface area contributed by atoms with E-state index in [0.717, 1.165) is 0 Å². The van der Waals surface area contributed by atoms with E-state index in [1.165, 1.54) is 42.5 Å². The fourth-order valence-corrected chi connectivity index (χ4v) is 2.24. The number of amides is 3. The van der Waals surface area contributed by atoms with E-state index in [0.29, 0.717) is 5.56 Å². The number of nitrogens with two attached hydrogens (primary N) is 1. The number of anilines is 1. The number of hydrogen-bond acceptors (Lipinski definition) is 7. The molecule has 0 fully saturated rings. The van der Waals surface area contributed by atoms with Crippen molar-refractivity contribution in [2.24, 2.45) is 5.73 Å². The number of benzene rings is 2. The predicted molar refractivity (Wildman–Crippen MR) is 107 cm³/mol. The third kappa shape index (κ3) is 7.05. The summed E-state index contributed by atoms with van der Waals surface area (Å²) in [5.41, 5.74) is 6.04. The van der Waals surface area contributed by atoms with Crippen LogP contribution in [0.2, 0.25) is 0 Å². The van der Waals surface area contributed by atoms with Crippen LogP contribution >= 0.6 is 0 Å². The fraction of sp³-hybridized carbons (Fsp3) is 0.105. The Labute approximate surface area is 175 Å². The van der Waals surface area contributed by atoms with Crippen molar-refractivity contribution in [2.75, 3.05) is 18.5 Å². The SMILES string of the molecule is N=C(N)c1ccc(C(=O)NC(=O)Nc2ccc(OCC(=O)O)c(OCC(=O)O)c2)cc1. The zero-order valence-electron chi connectivity index (χ0n) is 15.9. The monoisotopic (exact) mass is 430 g/mol. The molecule has 0 unspecified atom stereocenters. The summed E-state index contributed by atoms with van der Waals surface area (Å²) in [6, 6.07) is 8.65. The maximum Gasteiger partial charge on any atom is 0.341 e. The van der Waals surface area contributed by atoms with Crippen molar-refractivity contribution in [1.82, 2.24) is 5.32 Å². The largest absolute Gasteiger partial charge is 0.479 e. The number of amidine groups is 1. The number of carboxylic acid groups (broad SMARTS) is 2. The highest BCUT2D eigenvalue weighted by atomic mass is 16.5. The van der Waals surface area contributed by atoms with Gasteiger partial charge in [0.2, 0.25) is 0 Å². The van der Waals surface area contributed by atoms with E-state index in [1.807, 2.05) is 0 Å². The number of imide groups is 1. The van der Waals surface area contributed by atoms with E-state index in [4.69, 9.17) is 30.8 Å². The van der Waals surface area contributed by atoms with Crippen molar-refractivity contribution in [3.05, 3.63) is 53.6 Å². The van der Waals surface area contributed by atoms with E-state index in [9.17, 15) is 19.2 Å². The summed E-state index contributed by atoms with van der Waals surface area (Å²) < 4.78 is 10.1. The van der Waals surface area contributed by atoms with Gasteiger partial charge in [0.05, 0.1) is 0 Å². The molecule has 0 heterocycles. The Bertz CT molecular complexity index is 1020. The number of ether oxygens (including phenoxy) is 2. The summed E-state index contributed by atoms with van der Waals surface area (Å²) in [6.07, 6.45) is 0. The van der Waals surface area contributed by atoms with E-state index >= 15 is 0 Å². The summed E-state index contributed by atoms with van der Waals surface area (Å²) in [5.74, 6) is -3.57. The van der Waals surface area contributed by atoms with Gasteiger partial charge in [-0.15, -0.1) is 0 Å². The van der Waals surface area contributed by atoms with E-state index in [1.54, 1.807) is 0 Å². The Morgan fingerprint density at radius 3 is 1.97 bits per heavy atom. The number of rotatable bonds is 9. The molecule has 0 aliphatic heterocycles. The average molecular weight is 430 g/mol. The van der Waals surface area contributed by atoms with Crippen molar-refractivity contribution in [1.29, 1.82) is 5.41 Å². The van der Waals surface area contributed by atoms with Gasteiger partial charge in [0, 0.05) is 22.9 Å². The molecule has 162 valence electrons. The molecule has 31 heavy (non-hydrogen) atoms. The molecule has 0 saturated carbocycles. The second-order valence-electron chi connectivity index (χ2n) is 5.93. The maximum absolute atomic E-state index is 12.2. The molecule has 12 heteroatoms. The van der Waals surface area contributed by atoms with Crippen LogP contribution in [0.25, 0.3) is 0 Å². The van der Waals surface area contributed by atoms with Gasteiger partial charge in [0.1, 0.15) is 5.84 Å². The zero-order chi connectivity index (χ0) is 23.0. The van der Waals surface area contributed by atoms with E-state index in [-0.39, 0.29) is 28.6 Å². The van der Waals surface area contributed by atoms with Crippen LogP contribution in [0.5, 0.6) is 11.5 Å². The van der Waals surface area contributed by atoms with Crippen LogP contribution < -0.4 is 25.8 Å². The Kier molecular flexibility index (Phi) is 7.50. The first-order valence-electron chi connectivity index (χ1n) is 8.55. The molecule has 2 rings (SSSR count). The van der Waals surface area contributed by atoms with Gasteiger partial charge in [-0.05, 0) is 24.3 Å². The highest BCUT2D eigenvalue weighted by Crippen LogP contribution is 2.30. The third-order valence-electron chi connectivity index (χ3n) is 3.59. The van der Waals surface area contributed by atoms with Crippen molar-refractivity contribution < 1.29 is 38.9 Å². The number of urea groups is 1. The van der Waals surface area contributed by atoms with Crippen molar-refractivity contribution in [3.8, 4) is 11.5 Å². The van der Waals surface area contributed by atoms with Gasteiger partial charge in [0.25, 0.3) is 5.91 Å². The lowest BCUT2D eigenvalue weighted by atomic mass is 10.1. The second-order valence-corrected chi connectivity index (χ2v) is 5.93. The van der Waals surface area contributed by atoms with Crippen LogP contribution in [-0.2, 0) is 9.59 Å². The number of nitrogens with one attached hydrogen (secondary N) is 3. The molecule has 0 saturated heterocycles. The lowest BCUT2D eigenvalue weighted by Gasteiger charge is -2.13. The minimum Gasteiger partial charge on any atom is -0.479 e. The molecule has 2 aromatic carbocycles. The molecule has 7 N–H and O–H groups in total. The van der Waals surface area contributed by atoms with Crippen molar-refractivity contribution in [3.63, 3.8) is 0 Å². The molecular weight excluding hydrogens is 412 g/mol. The van der Waals surface area contributed by atoms with E-state index in [2.05, 4.69) is 10.6 Å². The highest BCUT2D eigenvalue weighted by molar-refractivity contribution is 6.08. The van der Waals surface area contributed by atoms with Gasteiger partial charge in [-0.25, -0.2) is 14.4 Å². The highest BCUT2D eigenvalue weighted by Gasteiger charge is 2.14. The summed E-state index contributed by atoms with van der Waals surface area (Å²) in [4.78, 5) is 45.7. The molecule has 0 bridgehead atoms. The van der Waals surface area contributed by atoms with Crippen LogP contribution in [0.15, 0.2) is 42.5 Å². The Morgan fingerprint density at radius 2 is 1.42 bits per heavy atom. The van der Waals surface area contributed by atoms with Crippen LogP contribution in [0.3, 0.4) is 0 Å². The van der Waals surface area contributed by atoms with Crippen LogP contribution in [0.4, 0.5) is 10.5 Å². The molecule has 3 amide bonds. The lowest BCUT2D eigenvalue weighted by Crippen LogP contribution is -2.34. The topological polar surface area (TPSA) is 201 Å². The Morgan fingerprint density at radius 1 is 0.871 bits per heavy atom. The predicted octanol–water partition coefficient (Wildman–Crippen LogP) is 0.859. The molecule has 0 aliphatic carbocycles. The second kappa shape index (κ2) is 10.2. The first-order chi connectivity index (χ1) is 14.7. The number of carbonyl (C=O) groups is 4. The minimum absolute atomic E-state index is 0.0451. The molecule has 0 spiro atoms. The first kappa shape index (κ1) is 22.7. The molecular formula is C19H18N4O8. The van der Waals surface area contributed by atoms with Gasteiger partial charge >= 0.3 is 18.0 Å². The molecule has 12 nitrogen and oxygen atoms in total. The third-order valence-corrected chi connectivity index (χ3v) is 3.59. The number of carbonyl (C=O) groups excluding carboxylic acids is 2. The van der Waals surface area contributed by atoms with E-state index < -0.39 is 37.1 Å². The quantitative estimate of drug-likeness (QED) is 0.246. The normalized spacial score (nSPS) is 9.94. The van der Waals surface area contributed by atoms with Gasteiger partial charge in [-0.1, -0.05) is 12.1 Å². The molecule has 0 aromatic heterocycles. The van der Waals surface area contributed by atoms with Crippen molar-refractivity contribution >= 4 is 35.4 Å². The summed E-state index contributed by atoms with van der Waals surface area (Å²) in [5, 5.41) is 29.2. The van der Waals surface area contributed by atoms with Crippen LogP contribution in [-0.4, -0.2) is 53.1 Å². The van der Waals surface area contributed by atoms with Crippen LogP contribution in [0, 0.1) is 5.41 Å². The van der Waals surface area contributed by atoms with Gasteiger partial charge < -0.3 is 30.7 Å². The van der Waals surface area contributed by atoms with Gasteiger partial charge in [0.15, 0.2) is 24.7 Å². The summed E-state index contributed by atoms with van der Waals surface area (Å²) >= 11 is 0. The molecule has 0 atom stereocenters. The maximum atomic E-state index is 12.2. The molecule has 0 radical (unpaired) electrons. The number of hydrogen-bond donors (Lipinski definition) is 6. The molecule has 2 aromatic rings. The standard InChI is InChI=1S/C19H18N4O8/c20-17(21)10-1-3-11(4-2-10)18(28)23-19(29)22-12-5-6-13(30-8-15(24)25)14(7-12)31-9-16(26)27/h1-7H,8-9H2,(H3,20,21)(H,24,25)(H,26,27)(H2,22,23,28,29). The summed E-state index contributed by atoms with van der Waals surface area (Å²) in [7, 11) is 0. The first-order valence-corrected chi connectivity index (χ1v) is 8.55. The average Bonchev–Trinajstić information content (AvgIpc) is 2.71. The number of aliphatic carboxylic acids is 2. The minimum atomic E-state index is -1.28.